The molecule has 108 valence electrons. The quantitative estimate of drug-likeness (QED) is 0.869. The maximum Gasteiger partial charge on any atom is 0.242 e. The van der Waals surface area contributed by atoms with E-state index in [4.69, 9.17) is 0 Å². The summed E-state index contributed by atoms with van der Waals surface area (Å²) in [5, 5.41) is 0.698. The Bertz CT molecular complexity index is 716. The number of hydrogen-bond donors (Lipinski definition) is 1. The van der Waals surface area contributed by atoms with Crippen molar-refractivity contribution in [2.24, 2.45) is 0 Å². The maximum atomic E-state index is 13.0. The van der Waals surface area contributed by atoms with Crippen molar-refractivity contribution in [3.8, 4) is 0 Å². The van der Waals surface area contributed by atoms with E-state index in [1.165, 1.54) is 17.4 Å². The molecule has 1 N–H and O–H groups in total. The fourth-order valence-corrected chi connectivity index (χ4v) is 4.45. The Hall–Kier alpha value is -0.830. The molecule has 1 heterocycles. The summed E-state index contributed by atoms with van der Waals surface area (Å²) < 4.78 is 39.9. The highest BCUT2D eigenvalue weighted by molar-refractivity contribution is 9.10. The molecular formula is C12H12BrFN2O2S2. The highest BCUT2D eigenvalue weighted by Gasteiger charge is 2.18. The summed E-state index contributed by atoms with van der Waals surface area (Å²) in [6.45, 7) is 2.13. The molecule has 0 atom stereocenters. The lowest BCUT2D eigenvalue weighted by atomic mass is 10.3. The topological polar surface area (TPSA) is 59.1 Å². The average molecular weight is 379 g/mol. The highest BCUT2D eigenvalue weighted by atomic mass is 79.9. The van der Waals surface area contributed by atoms with Gasteiger partial charge in [-0.3, -0.25) is 0 Å². The van der Waals surface area contributed by atoms with Crippen LogP contribution in [-0.2, 0) is 23.0 Å². The highest BCUT2D eigenvalue weighted by Crippen LogP contribution is 2.23. The minimum absolute atomic E-state index is 0.00571. The predicted octanol–water partition coefficient (Wildman–Crippen LogP) is 3.09. The molecule has 0 bridgehead atoms. The van der Waals surface area contributed by atoms with E-state index in [2.05, 4.69) is 25.6 Å². The van der Waals surface area contributed by atoms with E-state index in [1.807, 2.05) is 6.92 Å². The number of halogens is 2. The molecule has 1 aromatic carbocycles. The zero-order valence-corrected chi connectivity index (χ0v) is 13.8. The first kappa shape index (κ1) is 15.6. The summed E-state index contributed by atoms with van der Waals surface area (Å²) in [4.78, 5) is 5.25. The van der Waals surface area contributed by atoms with Crippen LogP contribution in [0.25, 0.3) is 0 Å². The number of benzene rings is 1. The Labute approximate surface area is 129 Å². The zero-order valence-electron chi connectivity index (χ0n) is 10.6. The molecule has 0 aliphatic heterocycles. The third kappa shape index (κ3) is 3.63. The molecule has 0 aliphatic rings. The Morgan fingerprint density at radius 1 is 1.45 bits per heavy atom. The predicted molar refractivity (Wildman–Crippen MR) is 79.6 cm³/mol. The van der Waals surface area contributed by atoms with Gasteiger partial charge in [-0.15, -0.1) is 11.3 Å². The number of aryl methyl sites for hydroxylation is 1. The molecule has 0 saturated heterocycles. The molecule has 2 aromatic rings. The summed E-state index contributed by atoms with van der Waals surface area (Å²) in [6, 6.07) is 3.45. The number of aromatic nitrogens is 1. The summed E-state index contributed by atoms with van der Waals surface area (Å²) in [5.41, 5.74) is 0. The van der Waals surface area contributed by atoms with E-state index in [1.54, 1.807) is 6.20 Å². The fourth-order valence-electron chi connectivity index (χ4n) is 1.52. The van der Waals surface area contributed by atoms with Crippen LogP contribution < -0.4 is 4.72 Å². The molecule has 4 nitrogen and oxygen atoms in total. The van der Waals surface area contributed by atoms with Crippen LogP contribution in [-0.4, -0.2) is 13.4 Å². The Morgan fingerprint density at radius 3 is 2.80 bits per heavy atom. The van der Waals surface area contributed by atoms with Gasteiger partial charge in [-0.25, -0.2) is 22.5 Å². The molecule has 0 fully saturated rings. The van der Waals surface area contributed by atoms with Gasteiger partial charge in [0.15, 0.2) is 0 Å². The monoisotopic (exact) mass is 378 g/mol. The third-order valence-electron chi connectivity index (χ3n) is 2.55. The lowest BCUT2D eigenvalue weighted by Crippen LogP contribution is -2.23. The summed E-state index contributed by atoms with van der Waals surface area (Å²) in [6.07, 6.45) is 2.61. The van der Waals surface area contributed by atoms with E-state index in [0.29, 0.717) is 5.01 Å². The van der Waals surface area contributed by atoms with Crippen LogP contribution in [0.1, 0.15) is 16.8 Å². The largest absolute Gasteiger partial charge is 0.248 e. The van der Waals surface area contributed by atoms with Crippen molar-refractivity contribution in [1.29, 1.82) is 0 Å². The van der Waals surface area contributed by atoms with Gasteiger partial charge in [0, 0.05) is 15.5 Å². The lowest BCUT2D eigenvalue weighted by molar-refractivity contribution is 0.579. The number of sulfonamides is 1. The second kappa shape index (κ2) is 6.30. The molecule has 2 rings (SSSR count). The molecule has 0 spiro atoms. The van der Waals surface area contributed by atoms with Gasteiger partial charge in [0.1, 0.15) is 10.8 Å². The van der Waals surface area contributed by atoms with Crippen LogP contribution in [0.3, 0.4) is 0 Å². The average Bonchev–Trinajstić information content (AvgIpc) is 2.84. The summed E-state index contributed by atoms with van der Waals surface area (Å²) >= 11 is 4.52. The molecule has 1 aromatic heterocycles. The first-order chi connectivity index (χ1) is 9.42. The van der Waals surface area contributed by atoms with E-state index < -0.39 is 15.8 Å². The first-order valence-electron chi connectivity index (χ1n) is 5.80. The van der Waals surface area contributed by atoms with Crippen molar-refractivity contribution in [2.75, 3.05) is 0 Å². The SMILES string of the molecule is CCc1cnc(CNS(=O)(=O)c2ccc(F)cc2Br)s1. The third-order valence-corrected chi connectivity index (χ3v) is 6.07. The second-order valence-electron chi connectivity index (χ2n) is 3.97. The van der Waals surface area contributed by atoms with Gasteiger partial charge in [-0.2, -0.15) is 0 Å². The van der Waals surface area contributed by atoms with Gasteiger partial charge < -0.3 is 0 Å². The maximum absolute atomic E-state index is 13.0. The van der Waals surface area contributed by atoms with Gasteiger partial charge in [-0.1, -0.05) is 6.92 Å². The fraction of sp³-hybridized carbons (Fsp3) is 0.250. The van der Waals surface area contributed by atoms with Gasteiger partial charge in [0.25, 0.3) is 0 Å². The van der Waals surface area contributed by atoms with Crippen LogP contribution in [0.2, 0.25) is 0 Å². The molecule has 0 aliphatic carbocycles. The molecule has 0 radical (unpaired) electrons. The van der Waals surface area contributed by atoms with Crippen molar-refractivity contribution >= 4 is 37.3 Å². The molecule has 0 amide bonds. The normalized spacial score (nSPS) is 11.8. The smallest absolute Gasteiger partial charge is 0.242 e. The standard InChI is InChI=1S/C12H12BrFN2O2S2/c1-2-9-6-15-12(19-9)7-16-20(17,18)11-4-3-8(14)5-10(11)13/h3-6,16H,2,7H2,1H3. The van der Waals surface area contributed by atoms with E-state index in [9.17, 15) is 12.8 Å². The van der Waals surface area contributed by atoms with Crippen molar-refractivity contribution < 1.29 is 12.8 Å². The Balaban J connectivity index is 2.14. The van der Waals surface area contributed by atoms with Gasteiger partial charge >= 0.3 is 0 Å². The van der Waals surface area contributed by atoms with Crippen LogP contribution in [0.4, 0.5) is 4.39 Å². The van der Waals surface area contributed by atoms with Crippen LogP contribution in [0, 0.1) is 5.82 Å². The van der Waals surface area contributed by atoms with Crippen molar-refractivity contribution in [2.45, 2.75) is 24.8 Å². The van der Waals surface area contributed by atoms with Gasteiger partial charge in [-0.05, 0) is 40.5 Å². The molecule has 0 unspecified atom stereocenters. The van der Waals surface area contributed by atoms with Gasteiger partial charge in [0.2, 0.25) is 10.0 Å². The lowest BCUT2D eigenvalue weighted by Gasteiger charge is -2.07. The number of rotatable bonds is 5. The number of thiazole rings is 1. The molecule has 20 heavy (non-hydrogen) atoms. The van der Waals surface area contributed by atoms with E-state index >= 15 is 0 Å². The van der Waals surface area contributed by atoms with Crippen molar-refractivity contribution in [3.63, 3.8) is 0 Å². The molecule has 0 saturated carbocycles. The Kier molecular flexibility index (Phi) is 4.90. The summed E-state index contributed by atoms with van der Waals surface area (Å²) in [5.74, 6) is -0.497. The second-order valence-corrected chi connectivity index (χ2v) is 7.76. The van der Waals surface area contributed by atoms with E-state index in [0.717, 1.165) is 23.4 Å². The van der Waals surface area contributed by atoms with Crippen LogP contribution in [0.15, 0.2) is 33.8 Å². The van der Waals surface area contributed by atoms with Crippen molar-refractivity contribution in [1.82, 2.24) is 9.71 Å². The van der Waals surface area contributed by atoms with Crippen molar-refractivity contribution in [3.05, 3.63) is 44.6 Å². The molecule has 8 heteroatoms. The van der Waals surface area contributed by atoms with Crippen LogP contribution in [0.5, 0.6) is 0 Å². The summed E-state index contributed by atoms with van der Waals surface area (Å²) in [7, 11) is -3.70. The molecular weight excluding hydrogens is 367 g/mol. The van der Waals surface area contributed by atoms with E-state index in [-0.39, 0.29) is 15.9 Å². The number of nitrogens with zero attached hydrogens (tertiary/aromatic N) is 1. The number of hydrogen-bond acceptors (Lipinski definition) is 4. The minimum atomic E-state index is -3.70. The Morgan fingerprint density at radius 2 is 2.20 bits per heavy atom. The minimum Gasteiger partial charge on any atom is -0.248 e. The zero-order chi connectivity index (χ0) is 14.8. The van der Waals surface area contributed by atoms with Crippen LogP contribution >= 0.6 is 27.3 Å². The first-order valence-corrected chi connectivity index (χ1v) is 8.90. The number of nitrogens with one attached hydrogen (secondary N) is 1. The van der Waals surface area contributed by atoms with Gasteiger partial charge in [0.05, 0.1) is 11.4 Å².